The van der Waals surface area contributed by atoms with Crippen molar-refractivity contribution in [2.24, 2.45) is 0 Å². The van der Waals surface area contributed by atoms with Gasteiger partial charge in [0.25, 0.3) is 0 Å². The third-order valence-corrected chi connectivity index (χ3v) is 4.92. The maximum absolute atomic E-state index is 12.5. The first-order valence-electron chi connectivity index (χ1n) is 7.16. The highest BCUT2D eigenvalue weighted by Gasteiger charge is 2.12. The molecule has 0 aliphatic rings. The maximum Gasteiger partial charge on any atom is 0.217 e. The van der Waals surface area contributed by atoms with Gasteiger partial charge in [0.15, 0.2) is 0 Å². The molecule has 0 amide bonds. The van der Waals surface area contributed by atoms with E-state index >= 15 is 0 Å². The molecule has 0 fully saturated rings. The summed E-state index contributed by atoms with van der Waals surface area (Å²) in [5.41, 5.74) is 1.63. The number of pyridine rings is 1. The lowest BCUT2D eigenvalue weighted by Gasteiger charge is -2.10. The van der Waals surface area contributed by atoms with Gasteiger partial charge >= 0.3 is 0 Å². The van der Waals surface area contributed by atoms with E-state index in [9.17, 15) is 4.21 Å². The van der Waals surface area contributed by atoms with Crippen LogP contribution in [-0.2, 0) is 16.6 Å². The first-order valence-corrected chi connectivity index (χ1v) is 8.48. The molecule has 0 N–H and O–H groups in total. The Hall–Kier alpha value is -2.40. The Morgan fingerprint density at radius 1 is 1.00 bits per heavy atom. The molecule has 3 aromatic rings. The van der Waals surface area contributed by atoms with Gasteiger partial charge in [-0.05, 0) is 36.4 Å². The zero-order valence-corrected chi connectivity index (χ0v) is 13.8. The quantitative estimate of drug-likeness (QED) is 0.719. The lowest BCUT2D eigenvalue weighted by Crippen LogP contribution is -2.01. The summed E-state index contributed by atoms with van der Waals surface area (Å²) in [4.78, 5) is 5.30. The van der Waals surface area contributed by atoms with Crippen LogP contribution in [0, 0.1) is 0 Å². The van der Waals surface area contributed by atoms with Crippen LogP contribution in [-0.4, -0.2) is 23.4 Å². The Morgan fingerprint density at radius 3 is 2.48 bits per heavy atom. The summed E-state index contributed by atoms with van der Waals surface area (Å²) in [7, 11) is 2.06. The largest absolute Gasteiger partial charge is 0.497 e. The number of hydrogen-bond acceptors (Lipinski definition) is 4. The van der Waals surface area contributed by atoms with Gasteiger partial charge in [0.2, 0.25) is 5.88 Å². The minimum atomic E-state index is -1.15. The number of benzene rings is 2. The average molecular weight is 327 g/mol. The fourth-order valence-electron chi connectivity index (χ4n) is 2.38. The van der Waals surface area contributed by atoms with Gasteiger partial charge < -0.3 is 9.47 Å². The highest BCUT2D eigenvalue weighted by atomic mass is 32.2. The van der Waals surface area contributed by atoms with Crippen molar-refractivity contribution in [2.75, 3.05) is 14.2 Å². The van der Waals surface area contributed by atoms with E-state index in [4.69, 9.17) is 9.47 Å². The van der Waals surface area contributed by atoms with Crippen molar-refractivity contribution in [3.8, 4) is 11.6 Å². The molecule has 0 aliphatic carbocycles. The van der Waals surface area contributed by atoms with Crippen LogP contribution in [0.5, 0.6) is 11.6 Å². The minimum Gasteiger partial charge on any atom is -0.497 e. The Bertz CT molecular complexity index is 850. The number of methoxy groups -OCH3 is 2. The molecule has 1 atom stereocenters. The molecule has 1 aromatic heterocycles. The van der Waals surface area contributed by atoms with Gasteiger partial charge in [-0.1, -0.05) is 18.2 Å². The van der Waals surface area contributed by atoms with Gasteiger partial charge in [-0.25, -0.2) is 4.98 Å². The lowest BCUT2D eigenvalue weighted by molar-refractivity contribution is 0.395. The monoisotopic (exact) mass is 327 g/mol. The molecule has 0 bridgehead atoms. The smallest absolute Gasteiger partial charge is 0.217 e. The number of aromatic nitrogens is 1. The van der Waals surface area contributed by atoms with Crippen molar-refractivity contribution in [2.45, 2.75) is 10.6 Å². The molecule has 118 valence electrons. The van der Waals surface area contributed by atoms with Crippen molar-refractivity contribution in [1.82, 2.24) is 4.98 Å². The van der Waals surface area contributed by atoms with Crippen molar-refractivity contribution < 1.29 is 13.7 Å². The second kappa shape index (κ2) is 6.79. The topological polar surface area (TPSA) is 48.4 Å². The molecule has 2 aromatic carbocycles. The van der Waals surface area contributed by atoms with Crippen LogP contribution in [0.3, 0.4) is 0 Å². The van der Waals surface area contributed by atoms with E-state index in [1.807, 2.05) is 54.6 Å². The summed E-state index contributed by atoms with van der Waals surface area (Å²) in [6.45, 7) is 0. The molecule has 0 saturated heterocycles. The van der Waals surface area contributed by atoms with E-state index < -0.39 is 10.8 Å². The molecule has 0 radical (unpaired) electrons. The zero-order chi connectivity index (χ0) is 16.2. The number of nitrogens with zero attached hydrogens (tertiary/aromatic N) is 1. The van der Waals surface area contributed by atoms with Crippen LogP contribution in [0.25, 0.3) is 10.9 Å². The average Bonchev–Trinajstić information content (AvgIpc) is 2.61. The standard InChI is InChI=1S/C18H17NO3S/c1-21-15-8-9-17-13(11-15)10-14(18(19-17)22-2)12-23(20)16-6-4-3-5-7-16/h3-11H,12H2,1-2H3. The zero-order valence-electron chi connectivity index (χ0n) is 13.0. The Morgan fingerprint density at radius 2 is 1.78 bits per heavy atom. The van der Waals surface area contributed by atoms with Crippen molar-refractivity contribution in [1.29, 1.82) is 0 Å². The molecular formula is C18H17NO3S. The first-order chi connectivity index (χ1) is 11.2. The number of hydrogen-bond donors (Lipinski definition) is 0. The molecule has 4 nitrogen and oxygen atoms in total. The van der Waals surface area contributed by atoms with Gasteiger partial charge in [-0.2, -0.15) is 0 Å². The molecule has 0 spiro atoms. The molecule has 3 rings (SSSR count). The Kier molecular flexibility index (Phi) is 4.57. The Balaban J connectivity index is 1.99. The van der Waals surface area contributed by atoms with Crippen LogP contribution in [0.4, 0.5) is 0 Å². The molecule has 1 heterocycles. The third kappa shape index (κ3) is 3.35. The SMILES string of the molecule is COc1ccc2nc(OC)c(CS(=O)c3ccccc3)cc2c1. The summed E-state index contributed by atoms with van der Waals surface area (Å²) in [6, 6.07) is 17.0. The van der Waals surface area contributed by atoms with E-state index in [1.165, 1.54) is 0 Å². The lowest BCUT2D eigenvalue weighted by atomic mass is 10.1. The summed E-state index contributed by atoms with van der Waals surface area (Å²) >= 11 is 0. The number of rotatable bonds is 5. The van der Waals surface area contributed by atoms with Crippen LogP contribution in [0.2, 0.25) is 0 Å². The summed E-state index contributed by atoms with van der Waals surface area (Å²) in [5.74, 6) is 1.62. The van der Waals surface area contributed by atoms with Crippen LogP contribution >= 0.6 is 0 Å². The highest BCUT2D eigenvalue weighted by molar-refractivity contribution is 7.84. The maximum atomic E-state index is 12.5. The van der Waals surface area contributed by atoms with Crippen LogP contribution in [0.15, 0.2) is 59.5 Å². The molecular weight excluding hydrogens is 310 g/mol. The van der Waals surface area contributed by atoms with E-state index in [0.29, 0.717) is 11.6 Å². The third-order valence-electron chi connectivity index (χ3n) is 3.55. The summed E-state index contributed by atoms with van der Waals surface area (Å²) in [5, 5.41) is 0.935. The fourth-order valence-corrected chi connectivity index (χ4v) is 3.50. The molecule has 1 unspecified atom stereocenters. The van der Waals surface area contributed by atoms with Crippen molar-refractivity contribution in [3.63, 3.8) is 0 Å². The van der Waals surface area contributed by atoms with Crippen molar-refractivity contribution >= 4 is 21.7 Å². The predicted octanol–water partition coefficient (Wildman–Crippen LogP) is 3.56. The van der Waals surface area contributed by atoms with Crippen LogP contribution in [0.1, 0.15) is 5.56 Å². The minimum absolute atomic E-state index is 0.355. The molecule has 0 saturated carbocycles. The van der Waals surface area contributed by atoms with Gasteiger partial charge in [-0.3, -0.25) is 4.21 Å². The molecule has 0 aliphatic heterocycles. The summed E-state index contributed by atoms with van der Waals surface area (Å²) in [6.07, 6.45) is 0. The summed E-state index contributed by atoms with van der Waals surface area (Å²) < 4.78 is 23.2. The van der Waals surface area contributed by atoms with E-state index in [2.05, 4.69) is 4.98 Å². The van der Waals surface area contributed by atoms with Crippen molar-refractivity contribution in [3.05, 3.63) is 60.2 Å². The van der Waals surface area contributed by atoms with Crippen LogP contribution < -0.4 is 9.47 Å². The second-order valence-electron chi connectivity index (χ2n) is 5.02. The van der Waals surface area contributed by atoms with Gasteiger partial charge in [0, 0.05) is 15.8 Å². The van der Waals surface area contributed by atoms with E-state index in [1.54, 1.807) is 14.2 Å². The number of ether oxygens (including phenoxy) is 2. The van der Waals surface area contributed by atoms with E-state index in [-0.39, 0.29) is 0 Å². The Labute approximate surface area is 137 Å². The second-order valence-corrected chi connectivity index (χ2v) is 6.47. The van der Waals surface area contributed by atoms with Gasteiger partial charge in [-0.15, -0.1) is 0 Å². The molecule has 23 heavy (non-hydrogen) atoms. The number of fused-ring (bicyclic) bond motifs is 1. The predicted molar refractivity (Wildman–Crippen MR) is 91.4 cm³/mol. The van der Waals surface area contributed by atoms with Gasteiger partial charge in [0.05, 0.1) is 36.3 Å². The normalized spacial score (nSPS) is 12.1. The first kappa shape index (κ1) is 15.5. The molecule has 5 heteroatoms. The fraction of sp³-hybridized carbons (Fsp3) is 0.167. The van der Waals surface area contributed by atoms with E-state index in [0.717, 1.165) is 27.1 Å². The van der Waals surface area contributed by atoms with Gasteiger partial charge in [0.1, 0.15) is 5.75 Å². The highest BCUT2D eigenvalue weighted by Crippen LogP contribution is 2.27.